The largest absolute Gasteiger partial charge is 0.357 e. The van der Waals surface area contributed by atoms with Gasteiger partial charge in [-0.25, -0.2) is 4.39 Å². The molecule has 1 atom stereocenters. The number of nitrogens with zero attached hydrogens (tertiary/aromatic N) is 3. The molecule has 1 unspecified atom stereocenters. The Kier molecular flexibility index (Phi) is 8.18. The molecule has 0 aliphatic heterocycles. The molecule has 0 spiro atoms. The van der Waals surface area contributed by atoms with Crippen molar-refractivity contribution in [3.05, 3.63) is 52.6 Å². The molecule has 158 valence electrons. The number of carbonyl (C=O) groups is 1. The lowest BCUT2D eigenvalue weighted by Crippen LogP contribution is -2.43. The Balaban J connectivity index is 1.88. The van der Waals surface area contributed by atoms with Gasteiger partial charge in [-0.2, -0.15) is 5.10 Å². The first-order valence-corrected chi connectivity index (χ1v) is 9.90. The first-order chi connectivity index (χ1) is 13.8. The predicted molar refractivity (Wildman–Crippen MR) is 114 cm³/mol. The lowest BCUT2D eigenvalue weighted by atomic mass is 10.1. The van der Waals surface area contributed by atoms with E-state index in [-0.39, 0.29) is 11.6 Å². The summed E-state index contributed by atoms with van der Waals surface area (Å²) in [6.07, 6.45) is 0.833. The van der Waals surface area contributed by atoms with Gasteiger partial charge in [0.25, 0.3) is 5.91 Å². The Morgan fingerprint density at radius 2 is 2.00 bits per heavy atom. The zero-order valence-electron chi connectivity index (χ0n) is 17.8. The summed E-state index contributed by atoms with van der Waals surface area (Å²) >= 11 is 0. The van der Waals surface area contributed by atoms with E-state index in [9.17, 15) is 9.18 Å². The van der Waals surface area contributed by atoms with Crippen LogP contribution in [0.15, 0.2) is 29.3 Å². The van der Waals surface area contributed by atoms with Gasteiger partial charge in [0.2, 0.25) is 0 Å². The maximum atomic E-state index is 13.6. The summed E-state index contributed by atoms with van der Waals surface area (Å²) in [4.78, 5) is 16.5. The fourth-order valence-electron chi connectivity index (χ4n) is 3.10. The van der Waals surface area contributed by atoms with Crippen molar-refractivity contribution in [2.24, 2.45) is 12.0 Å². The van der Waals surface area contributed by atoms with Crippen LogP contribution in [0, 0.1) is 19.7 Å². The quantitative estimate of drug-likeness (QED) is 0.359. The fourth-order valence-corrected chi connectivity index (χ4v) is 3.10. The normalized spacial score (nSPS) is 12.6. The Bertz CT molecular complexity index is 861. The van der Waals surface area contributed by atoms with Crippen LogP contribution in [-0.4, -0.2) is 47.3 Å². The molecule has 29 heavy (non-hydrogen) atoms. The van der Waals surface area contributed by atoms with Gasteiger partial charge in [0.1, 0.15) is 5.82 Å². The summed E-state index contributed by atoms with van der Waals surface area (Å²) in [7, 11) is 1.95. The number of halogens is 1. The molecule has 8 heteroatoms. The molecular formula is C21H31FN6O. The van der Waals surface area contributed by atoms with Gasteiger partial charge in [-0.3, -0.25) is 14.5 Å². The molecule has 0 aliphatic rings. The third-order valence-electron chi connectivity index (χ3n) is 4.68. The van der Waals surface area contributed by atoms with Crippen molar-refractivity contribution in [1.29, 1.82) is 0 Å². The Morgan fingerprint density at radius 1 is 1.28 bits per heavy atom. The summed E-state index contributed by atoms with van der Waals surface area (Å²) in [6, 6.07) is 6.08. The van der Waals surface area contributed by atoms with Crippen molar-refractivity contribution < 1.29 is 9.18 Å². The molecule has 0 saturated heterocycles. The Labute approximate surface area is 171 Å². The van der Waals surface area contributed by atoms with Crippen LogP contribution in [0.3, 0.4) is 0 Å². The van der Waals surface area contributed by atoms with Gasteiger partial charge in [-0.1, -0.05) is 12.1 Å². The second-order valence-corrected chi connectivity index (χ2v) is 7.02. The number of nitrogens with one attached hydrogen (secondary N) is 3. The van der Waals surface area contributed by atoms with Gasteiger partial charge in [0.05, 0.1) is 17.8 Å². The van der Waals surface area contributed by atoms with E-state index < -0.39 is 11.7 Å². The van der Waals surface area contributed by atoms with Crippen molar-refractivity contribution in [3.8, 4) is 0 Å². The lowest BCUT2D eigenvalue weighted by molar-refractivity contribution is 0.0951. The molecule has 0 fully saturated rings. The molecule has 7 nitrogen and oxygen atoms in total. The molecule has 2 rings (SSSR count). The van der Waals surface area contributed by atoms with E-state index in [0.717, 1.165) is 24.4 Å². The summed E-state index contributed by atoms with van der Waals surface area (Å²) < 4.78 is 15.5. The average molecular weight is 403 g/mol. The van der Waals surface area contributed by atoms with E-state index >= 15 is 0 Å². The van der Waals surface area contributed by atoms with Crippen molar-refractivity contribution >= 4 is 11.9 Å². The van der Waals surface area contributed by atoms with E-state index in [4.69, 9.17) is 0 Å². The third kappa shape index (κ3) is 6.30. The second kappa shape index (κ2) is 10.6. The van der Waals surface area contributed by atoms with Crippen LogP contribution in [-0.2, 0) is 13.5 Å². The second-order valence-electron chi connectivity index (χ2n) is 7.02. The zero-order chi connectivity index (χ0) is 21.4. The molecule has 1 heterocycles. The van der Waals surface area contributed by atoms with Crippen LogP contribution < -0.4 is 16.0 Å². The van der Waals surface area contributed by atoms with Crippen molar-refractivity contribution in [1.82, 2.24) is 25.7 Å². The highest BCUT2D eigenvalue weighted by atomic mass is 19.1. The predicted octanol–water partition coefficient (Wildman–Crippen LogP) is 2.09. The van der Waals surface area contributed by atoms with Crippen molar-refractivity contribution in [2.45, 2.75) is 40.2 Å². The van der Waals surface area contributed by atoms with E-state index in [1.54, 1.807) is 12.1 Å². The molecule has 0 aliphatic carbocycles. The average Bonchev–Trinajstić information content (AvgIpc) is 2.91. The molecule has 1 amide bonds. The van der Waals surface area contributed by atoms with Crippen LogP contribution >= 0.6 is 0 Å². The number of hydrogen-bond donors (Lipinski definition) is 3. The minimum absolute atomic E-state index is 0.0392. The lowest BCUT2D eigenvalue weighted by Gasteiger charge is -2.18. The maximum absolute atomic E-state index is 13.6. The highest BCUT2D eigenvalue weighted by Crippen LogP contribution is 2.14. The van der Waals surface area contributed by atoms with Gasteiger partial charge in [0, 0.05) is 31.9 Å². The van der Waals surface area contributed by atoms with E-state index in [0.29, 0.717) is 19.0 Å². The Hall–Kier alpha value is -2.90. The number of hydrogen-bond acceptors (Lipinski definition) is 3. The minimum Gasteiger partial charge on any atom is -0.357 e. The molecule has 1 aromatic carbocycles. The summed E-state index contributed by atoms with van der Waals surface area (Å²) in [5, 5.41) is 13.8. The van der Waals surface area contributed by atoms with E-state index in [1.165, 1.54) is 17.7 Å². The molecule has 1 aromatic heterocycles. The molecule has 3 N–H and O–H groups in total. The SMILES string of the molecule is CCNC(=NCCNC(=O)c1ccccc1F)NC(C)Cc1c(C)nn(C)c1C. The van der Waals surface area contributed by atoms with Crippen LogP contribution in [0.2, 0.25) is 0 Å². The maximum Gasteiger partial charge on any atom is 0.254 e. The van der Waals surface area contributed by atoms with Crippen LogP contribution in [0.1, 0.15) is 41.2 Å². The number of aliphatic imine (C=N–C) groups is 1. The fraction of sp³-hybridized carbons (Fsp3) is 0.476. The topological polar surface area (TPSA) is 83.3 Å². The number of amides is 1. The highest BCUT2D eigenvalue weighted by molar-refractivity contribution is 5.94. The number of rotatable bonds is 8. The third-order valence-corrected chi connectivity index (χ3v) is 4.68. The summed E-state index contributed by atoms with van der Waals surface area (Å²) in [5.74, 6) is -0.287. The molecule has 0 saturated carbocycles. The first-order valence-electron chi connectivity index (χ1n) is 9.90. The monoisotopic (exact) mass is 402 g/mol. The molecular weight excluding hydrogens is 371 g/mol. The van der Waals surface area contributed by atoms with E-state index in [1.807, 2.05) is 25.6 Å². The number of aromatic nitrogens is 2. The van der Waals surface area contributed by atoms with Gasteiger partial charge in [-0.15, -0.1) is 0 Å². The molecule has 2 aromatic rings. The summed E-state index contributed by atoms with van der Waals surface area (Å²) in [6.45, 7) is 9.61. The smallest absolute Gasteiger partial charge is 0.254 e. The van der Waals surface area contributed by atoms with E-state index in [2.05, 4.69) is 39.9 Å². The van der Waals surface area contributed by atoms with Crippen LogP contribution in [0.4, 0.5) is 4.39 Å². The minimum atomic E-state index is -0.529. The standard InChI is InChI=1S/C21H31FN6O/c1-6-23-21(26-14(2)13-18-15(3)27-28(5)16(18)4)25-12-11-24-20(29)17-9-7-8-10-19(17)22/h7-10,14H,6,11-13H2,1-5H3,(H,24,29)(H2,23,25,26). The zero-order valence-corrected chi connectivity index (χ0v) is 17.8. The van der Waals surface area contributed by atoms with Gasteiger partial charge in [-0.05, 0) is 51.8 Å². The summed E-state index contributed by atoms with van der Waals surface area (Å²) in [5.41, 5.74) is 3.48. The highest BCUT2D eigenvalue weighted by Gasteiger charge is 2.14. The first kappa shape index (κ1) is 22.4. The number of aryl methyl sites for hydroxylation is 2. The molecule has 0 bridgehead atoms. The van der Waals surface area contributed by atoms with Gasteiger partial charge in [0.15, 0.2) is 5.96 Å². The Morgan fingerprint density at radius 3 is 2.62 bits per heavy atom. The van der Waals surface area contributed by atoms with Crippen molar-refractivity contribution in [2.75, 3.05) is 19.6 Å². The molecule has 0 radical (unpaired) electrons. The number of guanidine groups is 1. The number of benzene rings is 1. The number of carbonyl (C=O) groups excluding carboxylic acids is 1. The van der Waals surface area contributed by atoms with Crippen LogP contribution in [0.25, 0.3) is 0 Å². The van der Waals surface area contributed by atoms with Crippen molar-refractivity contribution in [3.63, 3.8) is 0 Å². The van der Waals surface area contributed by atoms with Gasteiger partial charge < -0.3 is 16.0 Å². The van der Waals surface area contributed by atoms with Gasteiger partial charge >= 0.3 is 0 Å². The van der Waals surface area contributed by atoms with Crippen LogP contribution in [0.5, 0.6) is 0 Å².